The Morgan fingerprint density at radius 1 is 1.27 bits per heavy atom. The predicted molar refractivity (Wildman–Crippen MR) is 144 cm³/mol. The summed E-state index contributed by atoms with van der Waals surface area (Å²) < 4.78 is 16.6. The van der Waals surface area contributed by atoms with E-state index in [1.807, 2.05) is 36.2 Å². The number of alkyl carbamates (subject to hydrolysis) is 1. The molecule has 0 bridgehead atoms. The molecule has 208 valence electrons. The van der Waals surface area contributed by atoms with Crippen LogP contribution in [0.2, 0.25) is 5.02 Å². The van der Waals surface area contributed by atoms with Crippen molar-refractivity contribution in [3.8, 4) is 0 Å². The molecule has 3 atom stereocenters. The van der Waals surface area contributed by atoms with E-state index in [4.69, 9.17) is 21.1 Å². The number of piperidine rings is 1. The molecule has 0 spiro atoms. The Morgan fingerprint density at radius 2 is 2.05 bits per heavy atom. The number of amides is 3. The average Bonchev–Trinajstić information content (AvgIpc) is 2.91. The van der Waals surface area contributed by atoms with Gasteiger partial charge in [-0.15, -0.1) is 0 Å². The summed E-state index contributed by atoms with van der Waals surface area (Å²) in [5.74, 6) is 0.626. The molecule has 3 N–H and O–H groups in total. The number of likely N-dealkylation sites (tertiary alicyclic amines) is 1. The number of ether oxygens (including phenoxy) is 3. The third-order valence-corrected chi connectivity index (χ3v) is 7.82. The number of nitrogens with zero attached hydrogens (tertiary/aromatic N) is 1. The minimum Gasteiger partial charge on any atom is -0.453 e. The van der Waals surface area contributed by atoms with Crippen molar-refractivity contribution in [2.24, 2.45) is 11.8 Å². The number of hydrogen-bond acceptors (Lipinski definition) is 6. The number of carbonyl (C=O) groups excluding carboxylic acids is 2. The van der Waals surface area contributed by atoms with Crippen molar-refractivity contribution in [2.75, 3.05) is 60.2 Å². The van der Waals surface area contributed by atoms with Crippen molar-refractivity contribution in [3.63, 3.8) is 0 Å². The third kappa shape index (κ3) is 8.74. The van der Waals surface area contributed by atoms with Gasteiger partial charge in [0.05, 0.1) is 19.3 Å². The van der Waals surface area contributed by atoms with Crippen molar-refractivity contribution in [1.29, 1.82) is 0 Å². The zero-order chi connectivity index (χ0) is 26.7. The molecular weight excluding hydrogens is 496 g/mol. The summed E-state index contributed by atoms with van der Waals surface area (Å²) in [6.07, 6.45) is 4.34. The molecule has 0 aliphatic carbocycles. The summed E-state index contributed by atoms with van der Waals surface area (Å²) in [6.45, 7) is 6.29. The van der Waals surface area contributed by atoms with Crippen molar-refractivity contribution < 1.29 is 23.8 Å². The van der Waals surface area contributed by atoms with Crippen LogP contribution in [0.4, 0.5) is 9.59 Å². The van der Waals surface area contributed by atoms with Crippen molar-refractivity contribution >= 4 is 23.7 Å². The second-order valence-corrected chi connectivity index (χ2v) is 10.6. The highest BCUT2D eigenvalue weighted by molar-refractivity contribution is 6.30. The summed E-state index contributed by atoms with van der Waals surface area (Å²) in [7, 11) is 3.25. The third-order valence-electron chi connectivity index (χ3n) is 7.58. The van der Waals surface area contributed by atoms with Gasteiger partial charge in [-0.3, -0.25) is 0 Å². The van der Waals surface area contributed by atoms with E-state index in [-0.39, 0.29) is 18.0 Å². The van der Waals surface area contributed by atoms with E-state index in [1.165, 1.54) is 7.11 Å². The first-order valence-electron chi connectivity index (χ1n) is 13.3. The molecule has 3 amide bonds. The number of urea groups is 1. The van der Waals surface area contributed by atoms with Crippen LogP contribution in [-0.2, 0) is 19.8 Å². The van der Waals surface area contributed by atoms with Gasteiger partial charge in [0.2, 0.25) is 0 Å². The van der Waals surface area contributed by atoms with E-state index in [0.29, 0.717) is 37.2 Å². The minimum atomic E-state index is -0.686. The largest absolute Gasteiger partial charge is 0.453 e. The fourth-order valence-electron chi connectivity index (χ4n) is 5.42. The molecular formula is C27H43ClN4O5. The molecule has 0 saturated carbocycles. The summed E-state index contributed by atoms with van der Waals surface area (Å²) in [6, 6.07) is 7.72. The number of likely N-dealkylation sites (N-methyl/N-ethyl adjacent to an activating group) is 1. The Labute approximate surface area is 225 Å². The summed E-state index contributed by atoms with van der Waals surface area (Å²) in [4.78, 5) is 26.8. The maximum atomic E-state index is 13.4. The maximum Gasteiger partial charge on any atom is 0.406 e. The van der Waals surface area contributed by atoms with E-state index in [9.17, 15) is 9.59 Å². The van der Waals surface area contributed by atoms with E-state index in [2.05, 4.69) is 27.6 Å². The van der Waals surface area contributed by atoms with Crippen molar-refractivity contribution in [2.45, 2.75) is 50.7 Å². The zero-order valence-electron chi connectivity index (χ0n) is 22.4. The summed E-state index contributed by atoms with van der Waals surface area (Å²) >= 11 is 6.34. The van der Waals surface area contributed by atoms with Gasteiger partial charge in [-0.1, -0.05) is 23.7 Å². The molecule has 0 aromatic heterocycles. The van der Waals surface area contributed by atoms with E-state index in [1.54, 1.807) is 0 Å². The SMILES string of the molecule is CNC[C@H](CC1CCOCC1)NC(=O)N1CCC[C@@H]([C@@](C)(OCCNC(=O)OC)c2cccc(Cl)c2)C1. The Balaban J connectivity index is 1.68. The van der Waals surface area contributed by atoms with Crippen LogP contribution in [0.3, 0.4) is 0 Å². The van der Waals surface area contributed by atoms with Gasteiger partial charge in [0.1, 0.15) is 0 Å². The first kappa shape index (κ1) is 29.5. The lowest BCUT2D eigenvalue weighted by atomic mass is 9.78. The van der Waals surface area contributed by atoms with Gasteiger partial charge in [0.15, 0.2) is 0 Å². The fourth-order valence-corrected chi connectivity index (χ4v) is 5.61. The Kier molecular flexibility index (Phi) is 11.8. The highest BCUT2D eigenvalue weighted by atomic mass is 35.5. The van der Waals surface area contributed by atoms with Crippen molar-refractivity contribution in [1.82, 2.24) is 20.9 Å². The number of halogens is 1. The number of benzene rings is 1. The molecule has 3 rings (SSSR count). The van der Waals surface area contributed by atoms with Crippen LogP contribution in [0.25, 0.3) is 0 Å². The maximum absolute atomic E-state index is 13.4. The molecule has 1 aromatic rings. The molecule has 2 heterocycles. The second kappa shape index (κ2) is 14.8. The number of carbonyl (C=O) groups is 2. The van der Waals surface area contributed by atoms with Gasteiger partial charge in [-0.2, -0.15) is 0 Å². The van der Waals surface area contributed by atoms with Crippen molar-refractivity contribution in [3.05, 3.63) is 34.9 Å². The van der Waals surface area contributed by atoms with Crippen LogP contribution in [0.1, 0.15) is 44.6 Å². The molecule has 2 fully saturated rings. The lowest BCUT2D eigenvalue weighted by Gasteiger charge is -2.44. The molecule has 2 aliphatic rings. The van der Waals surface area contributed by atoms with E-state index >= 15 is 0 Å². The molecule has 9 nitrogen and oxygen atoms in total. The van der Waals surface area contributed by atoms with Gasteiger partial charge >= 0.3 is 12.1 Å². The highest BCUT2D eigenvalue weighted by Gasteiger charge is 2.41. The molecule has 2 saturated heterocycles. The van der Waals surface area contributed by atoms with Gasteiger partial charge in [0.25, 0.3) is 0 Å². The Bertz CT molecular complexity index is 869. The van der Waals surface area contributed by atoms with Crippen LogP contribution >= 0.6 is 11.6 Å². The fraction of sp³-hybridized carbons (Fsp3) is 0.704. The first-order chi connectivity index (χ1) is 17.9. The highest BCUT2D eigenvalue weighted by Crippen LogP contribution is 2.39. The van der Waals surface area contributed by atoms with Crippen LogP contribution in [-0.4, -0.2) is 83.2 Å². The number of hydrogen-bond donors (Lipinski definition) is 3. The van der Waals surface area contributed by atoms with Gasteiger partial charge in [-0.05, 0) is 69.7 Å². The lowest BCUT2D eigenvalue weighted by Crippen LogP contribution is -2.54. The van der Waals surface area contributed by atoms with Gasteiger partial charge < -0.3 is 35.1 Å². The monoisotopic (exact) mass is 538 g/mol. The van der Waals surface area contributed by atoms with Crippen LogP contribution in [0, 0.1) is 11.8 Å². The standard InChI is InChI=1S/C27H43ClN4O5/c1-27(21-6-4-8-23(28)17-21,37-15-11-30-26(34)35-3)22-7-5-12-32(19-22)25(33)31-24(18-29-2)16-20-9-13-36-14-10-20/h4,6,8,17,20,22,24,29H,5,7,9-16,18-19H2,1-3H3,(H,30,34)(H,31,33)/t22-,24+,27+/m1/s1. The molecule has 1 aromatic carbocycles. The zero-order valence-corrected chi connectivity index (χ0v) is 23.1. The smallest absolute Gasteiger partial charge is 0.406 e. The summed E-state index contributed by atoms with van der Waals surface area (Å²) in [5, 5.41) is 9.81. The van der Waals surface area contributed by atoms with Gasteiger partial charge in [-0.25, -0.2) is 9.59 Å². The van der Waals surface area contributed by atoms with Crippen LogP contribution in [0.15, 0.2) is 24.3 Å². The second-order valence-electron chi connectivity index (χ2n) is 10.2. The topological polar surface area (TPSA) is 101 Å². The normalized spacial score (nSPS) is 21.1. The molecule has 10 heteroatoms. The average molecular weight is 539 g/mol. The summed E-state index contributed by atoms with van der Waals surface area (Å²) in [5.41, 5.74) is 0.270. The first-order valence-corrected chi connectivity index (χ1v) is 13.7. The molecule has 37 heavy (non-hydrogen) atoms. The number of nitrogens with one attached hydrogen (secondary N) is 3. The molecule has 2 aliphatic heterocycles. The predicted octanol–water partition coefficient (Wildman–Crippen LogP) is 3.75. The molecule has 0 unspecified atom stereocenters. The van der Waals surface area contributed by atoms with Crippen LogP contribution < -0.4 is 16.0 Å². The number of rotatable bonds is 11. The number of methoxy groups -OCH3 is 1. The van der Waals surface area contributed by atoms with E-state index < -0.39 is 11.7 Å². The quantitative estimate of drug-likeness (QED) is 0.371. The van der Waals surface area contributed by atoms with E-state index in [0.717, 1.165) is 57.4 Å². The van der Waals surface area contributed by atoms with Crippen LogP contribution in [0.5, 0.6) is 0 Å². The minimum absolute atomic E-state index is 0.0298. The molecule has 0 radical (unpaired) electrons. The Morgan fingerprint density at radius 3 is 2.76 bits per heavy atom. The lowest BCUT2D eigenvalue weighted by molar-refractivity contribution is -0.0926. The van der Waals surface area contributed by atoms with Gasteiger partial charge in [0, 0.05) is 56.4 Å². The Hall–Kier alpha value is -2.07.